The Morgan fingerprint density at radius 1 is 1.38 bits per heavy atom. The van der Waals surface area contributed by atoms with Crippen LogP contribution in [0, 0.1) is 11.3 Å². The second-order valence-electron chi connectivity index (χ2n) is 2.13. The van der Waals surface area contributed by atoms with Gasteiger partial charge in [0, 0.05) is 6.54 Å². The van der Waals surface area contributed by atoms with Gasteiger partial charge in [0.25, 0.3) is 0 Å². The number of carbonyl (C=O) groups excluding carboxylic acids is 1. The maximum atomic E-state index is 11.5. The van der Waals surface area contributed by atoms with Gasteiger partial charge in [0.1, 0.15) is 6.54 Å². The van der Waals surface area contributed by atoms with Gasteiger partial charge in [-0.2, -0.15) is 18.4 Å². The third-order valence-electron chi connectivity index (χ3n) is 0.972. The summed E-state index contributed by atoms with van der Waals surface area (Å²) in [6.07, 6.45) is -4.34. The highest BCUT2D eigenvalue weighted by Crippen LogP contribution is 2.11. The first-order valence-electron chi connectivity index (χ1n) is 3.41. The van der Waals surface area contributed by atoms with E-state index in [0.717, 1.165) is 0 Å². The van der Waals surface area contributed by atoms with Crippen molar-refractivity contribution in [2.45, 2.75) is 12.6 Å². The highest BCUT2D eigenvalue weighted by molar-refractivity contribution is 5.73. The number of rotatable bonds is 3. The average Bonchev–Trinajstić information content (AvgIpc) is 2.00. The van der Waals surface area contributed by atoms with Crippen molar-refractivity contribution in [3.8, 4) is 6.07 Å². The maximum Gasteiger partial charge on any atom is 0.405 e. The standard InChI is InChI=1S/C6H8F3N3O/c7-6(8,9)4-12-5(13)11-3-1-2-10/h1,3-4H2,(H2,11,12,13). The van der Waals surface area contributed by atoms with E-state index in [4.69, 9.17) is 5.26 Å². The number of hydrogen-bond donors (Lipinski definition) is 2. The van der Waals surface area contributed by atoms with Gasteiger partial charge in [-0.15, -0.1) is 0 Å². The number of halogens is 3. The molecule has 0 bridgehead atoms. The van der Waals surface area contributed by atoms with Crippen LogP contribution in [0.15, 0.2) is 0 Å². The van der Waals surface area contributed by atoms with Crippen LogP contribution in [0.2, 0.25) is 0 Å². The van der Waals surface area contributed by atoms with Crippen LogP contribution >= 0.6 is 0 Å². The van der Waals surface area contributed by atoms with Crippen molar-refractivity contribution in [3.63, 3.8) is 0 Å². The van der Waals surface area contributed by atoms with Crippen molar-refractivity contribution >= 4 is 6.03 Å². The van der Waals surface area contributed by atoms with Crippen LogP contribution in [0.25, 0.3) is 0 Å². The summed E-state index contributed by atoms with van der Waals surface area (Å²) in [6.45, 7) is -1.33. The molecule has 0 unspecified atom stereocenters. The highest BCUT2D eigenvalue weighted by Gasteiger charge is 2.27. The Morgan fingerprint density at radius 3 is 2.46 bits per heavy atom. The number of alkyl halides is 3. The highest BCUT2D eigenvalue weighted by atomic mass is 19.4. The van der Waals surface area contributed by atoms with Crippen molar-refractivity contribution in [1.29, 1.82) is 5.26 Å². The Morgan fingerprint density at radius 2 is 2.00 bits per heavy atom. The zero-order chi connectivity index (χ0) is 10.3. The largest absolute Gasteiger partial charge is 0.405 e. The molecule has 0 atom stereocenters. The van der Waals surface area contributed by atoms with Crippen LogP contribution in [0.4, 0.5) is 18.0 Å². The second-order valence-corrected chi connectivity index (χ2v) is 2.13. The summed E-state index contributed by atoms with van der Waals surface area (Å²) in [6, 6.07) is 0.807. The second kappa shape index (κ2) is 5.24. The molecular formula is C6H8F3N3O. The Bertz CT molecular complexity index is 208. The van der Waals surface area contributed by atoms with Crippen LogP contribution in [0.1, 0.15) is 6.42 Å². The van der Waals surface area contributed by atoms with Crippen LogP contribution in [-0.4, -0.2) is 25.3 Å². The fourth-order valence-corrected chi connectivity index (χ4v) is 0.475. The summed E-state index contributed by atoms with van der Waals surface area (Å²) < 4.78 is 34.5. The normalized spacial score (nSPS) is 10.3. The molecule has 0 rings (SSSR count). The lowest BCUT2D eigenvalue weighted by Gasteiger charge is -2.08. The Labute approximate surface area is 72.7 Å². The first kappa shape index (κ1) is 11.6. The third-order valence-corrected chi connectivity index (χ3v) is 0.972. The van der Waals surface area contributed by atoms with Crippen LogP contribution in [-0.2, 0) is 0 Å². The number of nitrogens with zero attached hydrogens (tertiary/aromatic N) is 1. The lowest BCUT2D eigenvalue weighted by Crippen LogP contribution is -2.41. The number of nitriles is 1. The zero-order valence-corrected chi connectivity index (χ0v) is 6.61. The topological polar surface area (TPSA) is 64.9 Å². The molecule has 0 aliphatic carbocycles. The Hall–Kier alpha value is -1.45. The number of urea groups is 1. The minimum atomic E-state index is -4.41. The first-order chi connectivity index (χ1) is 5.95. The molecule has 0 aromatic rings. The van der Waals surface area contributed by atoms with E-state index in [1.54, 1.807) is 11.4 Å². The molecule has 0 spiro atoms. The summed E-state index contributed by atoms with van der Waals surface area (Å²) in [5.41, 5.74) is 0. The molecule has 0 aromatic carbocycles. The minimum absolute atomic E-state index is 0.0419. The summed E-state index contributed by atoms with van der Waals surface area (Å²) in [7, 11) is 0. The molecule has 0 aromatic heterocycles. The first-order valence-corrected chi connectivity index (χ1v) is 3.41. The predicted octanol–water partition coefficient (Wildman–Crippen LogP) is 0.762. The van der Waals surface area contributed by atoms with E-state index in [1.165, 1.54) is 0 Å². The number of hydrogen-bond acceptors (Lipinski definition) is 2. The molecule has 0 heterocycles. The van der Waals surface area contributed by atoms with Gasteiger partial charge in [0.2, 0.25) is 0 Å². The maximum absolute atomic E-state index is 11.5. The molecule has 7 heteroatoms. The quantitative estimate of drug-likeness (QED) is 0.653. The number of nitrogens with one attached hydrogen (secondary N) is 2. The summed E-state index contributed by atoms with van der Waals surface area (Å²) >= 11 is 0. The summed E-state index contributed by atoms with van der Waals surface area (Å²) in [5.74, 6) is 0. The van der Waals surface area contributed by atoms with E-state index in [-0.39, 0.29) is 13.0 Å². The molecule has 0 aliphatic heterocycles. The average molecular weight is 195 g/mol. The minimum Gasteiger partial charge on any atom is -0.337 e. The van der Waals surface area contributed by atoms with E-state index < -0.39 is 18.8 Å². The van der Waals surface area contributed by atoms with Gasteiger partial charge in [0.05, 0.1) is 12.5 Å². The molecule has 13 heavy (non-hydrogen) atoms. The van der Waals surface area contributed by atoms with E-state index in [0.29, 0.717) is 0 Å². The van der Waals surface area contributed by atoms with Crippen molar-refractivity contribution < 1.29 is 18.0 Å². The summed E-state index contributed by atoms with van der Waals surface area (Å²) in [5, 5.41) is 11.7. The summed E-state index contributed by atoms with van der Waals surface area (Å²) in [4.78, 5) is 10.5. The number of amides is 2. The monoisotopic (exact) mass is 195 g/mol. The fourth-order valence-electron chi connectivity index (χ4n) is 0.475. The molecule has 0 fully saturated rings. The fraction of sp³-hybridized carbons (Fsp3) is 0.667. The number of carbonyl (C=O) groups is 1. The Balaban J connectivity index is 3.48. The van der Waals surface area contributed by atoms with E-state index in [9.17, 15) is 18.0 Å². The van der Waals surface area contributed by atoms with Crippen molar-refractivity contribution in [2.75, 3.05) is 13.1 Å². The van der Waals surface area contributed by atoms with Gasteiger partial charge in [-0.25, -0.2) is 4.79 Å². The molecule has 0 radical (unpaired) electrons. The van der Waals surface area contributed by atoms with Crippen LogP contribution in [0.5, 0.6) is 0 Å². The molecule has 4 nitrogen and oxygen atoms in total. The zero-order valence-electron chi connectivity index (χ0n) is 6.61. The molecule has 74 valence electrons. The predicted molar refractivity (Wildman–Crippen MR) is 37.7 cm³/mol. The molecule has 0 saturated heterocycles. The van der Waals surface area contributed by atoms with Gasteiger partial charge < -0.3 is 10.6 Å². The van der Waals surface area contributed by atoms with Crippen molar-refractivity contribution in [1.82, 2.24) is 10.6 Å². The smallest absolute Gasteiger partial charge is 0.337 e. The van der Waals surface area contributed by atoms with Crippen LogP contribution in [0.3, 0.4) is 0 Å². The molecule has 2 N–H and O–H groups in total. The SMILES string of the molecule is N#CCCNC(=O)NCC(F)(F)F. The van der Waals surface area contributed by atoms with E-state index >= 15 is 0 Å². The van der Waals surface area contributed by atoms with Gasteiger partial charge >= 0.3 is 12.2 Å². The molecule has 0 saturated carbocycles. The Kier molecular flexibility index (Phi) is 4.66. The molecule has 2 amide bonds. The van der Waals surface area contributed by atoms with Gasteiger partial charge in [-0.1, -0.05) is 0 Å². The van der Waals surface area contributed by atoms with Gasteiger partial charge in [-0.3, -0.25) is 0 Å². The lowest BCUT2D eigenvalue weighted by atomic mass is 10.5. The van der Waals surface area contributed by atoms with Gasteiger partial charge in [-0.05, 0) is 0 Å². The molecular weight excluding hydrogens is 187 g/mol. The van der Waals surface area contributed by atoms with E-state index in [2.05, 4.69) is 5.32 Å². The van der Waals surface area contributed by atoms with Crippen molar-refractivity contribution in [3.05, 3.63) is 0 Å². The van der Waals surface area contributed by atoms with Crippen molar-refractivity contribution in [2.24, 2.45) is 0 Å². The molecule has 0 aliphatic rings. The third kappa shape index (κ3) is 8.46. The lowest BCUT2D eigenvalue weighted by molar-refractivity contribution is -0.122. The van der Waals surface area contributed by atoms with E-state index in [1.807, 2.05) is 0 Å². The van der Waals surface area contributed by atoms with Crippen LogP contribution < -0.4 is 10.6 Å². The van der Waals surface area contributed by atoms with Gasteiger partial charge in [0.15, 0.2) is 0 Å².